The van der Waals surface area contributed by atoms with Crippen LogP contribution in [-0.4, -0.2) is 28.0 Å². The second-order valence-corrected chi connectivity index (χ2v) is 2.75. The van der Waals surface area contributed by atoms with Crippen LogP contribution in [0.3, 0.4) is 0 Å². The number of aliphatic hydroxyl groups is 3. The Balaban J connectivity index is 2.82. The molecule has 0 saturated heterocycles. The van der Waals surface area contributed by atoms with Crippen LogP contribution in [0.5, 0.6) is 0 Å². The maximum Gasteiger partial charge on any atom is 0.123 e. The molecule has 3 nitrogen and oxygen atoms in total. The number of aliphatic hydroxyl groups excluding tert-OH is 3. The van der Waals surface area contributed by atoms with Gasteiger partial charge in [-0.1, -0.05) is 12.1 Å². The van der Waals surface area contributed by atoms with Crippen LogP contribution >= 0.6 is 0 Å². The third-order valence-electron chi connectivity index (χ3n) is 1.74. The van der Waals surface area contributed by atoms with Gasteiger partial charge in [-0.3, -0.25) is 0 Å². The van der Waals surface area contributed by atoms with Crippen molar-refractivity contribution in [3.8, 4) is 0 Å². The van der Waals surface area contributed by atoms with Crippen molar-refractivity contribution >= 4 is 0 Å². The summed E-state index contributed by atoms with van der Waals surface area (Å²) in [6, 6.07) is 5.26. The van der Waals surface area contributed by atoms with Crippen molar-refractivity contribution in [1.82, 2.24) is 0 Å². The van der Waals surface area contributed by atoms with Crippen molar-refractivity contribution in [3.63, 3.8) is 0 Å². The average molecular weight is 186 g/mol. The van der Waals surface area contributed by atoms with Gasteiger partial charge in [0.2, 0.25) is 0 Å². The summed E-state index contributed by atoms with van der Waals surface area (Å²) in [4.78, 5) is 0. The Bertz CT molecular complexity index is 277. The van der Waals surface area contributed by atoms with Crippen molar-refractivity contribution in [2.45, 2.75) is 12.2 Å². The zero-order valence-corrected chi connectivity index (χ0v) is 6.89. The fraction of sp³-hybridized carbons (Fsp3) is 0.333. The third-order valence-corrected chi connectivity index (χ3v) is 1.74. The zero-order chi connectivity index (χ0) is 9.84. The van der Waals surface area contributed by atoms with Gasteiger partial charge in [0.05, 0.1) is 6.61 Å². The van der Waals surface area contributed by atoms with Gasteiger partial charge in [0.25, 0.3) is 0 Å². The third kappa shape index (κ3) is 2.48. The van der Waals surface area contributed by atoms with Crippen molar-refractivity contribution in [1.29, 1.82) is 0 Å². The lowest BCUT2D eigenvalue weighted by atomic mass is 10.1. The average Bonchev–Trinajstić information content (AvgIpc) is 2.15. The minimum atomic E-state index is -1.28. The van der Waals surface area contributed by atoms with Crippen LogP contribution in [-0.2, 0) is 0 Å². The van der Waals surface area contributed by atoms with E-state index in [0.717, 1.165) is 6.07 Å². The number of halogens is 1. The summed E-state index contributed by atoms with van der Waals surface area (Å²) in [6.07, 6.45) is -2.53. The molecule has 0 fully saturated rings. The molecule has 0 spiro atoms. The Labute approximate surface area is 75.1 Å². The molecule has 72 valence electrons. The molecule has 0 aliphatic carbocycles. The molecule has 0 bridgehead atoms. The van der Waals surface area contributed by atoms with Gasteiger partial charge in [0.1, 0.15) is 18.0 Å². The van der Waals surface area contributed by atoms with E-state index < -0.39 is 24.6 Å². The van der Waals surface area contributed by atoms with Gasteiger partial charge in [-0.25, -0.2) is 4.39 Å². The van der Waals surface area contributed by atoms with Crippen LogP contribution in [0.15, 0.2) is 24.3 Å². The Morgan fingerprint density at radius 3 is 2.54 bits per heavy atom. The van der Waals surface area contributed by atoms with E-state index in [9.17, 15) is 9.50 Å². The molecule has 2 unspecified atom stereocenters. The Kier molecular flexibility index (Phi) is 3.36. The van der Waals surface area contributed by atoms with Crippen LogP contribution in [0.2, 0.25) is 0 Å². The molecular formula is C9H11FO3. The molecule has 4 heteroatoms. The van der Waals surface area contributed by atoms with E-state index in [-0.39, 0.29) is 5.56 Å². The highest BCUT2D eigenvalue weighted by Crippen LogP contribution is 2.17. The van der Waals surface area contributed by atoms with E-state index in [1.807, 2.05) is 0 Å². The second kappa shape index (κ2) is 4.32. The van der Waals surface area contributed by atoms with E-state index in [1.54, 1.807) is 0 Å². The zero-order valence-electron chi connectivity index (χ0n) is 6.89. The predicted octanol–water partition coefficient (Wildman–Crippen LogP) is 0.212. The molecule has 0 heterocycles. The molecule has 0 aromatic heterocycles. The topological polar surface area (TPSA) is 60.7 Å². The Morgan fingerprint density at radius 1 is 1.31 bits per heavy atom. The molecular weight excluding hydrogens is 175 g/mol. The van der Waals surface area contributed by atoms with Gasteiger partial charge in [0, 0.05) is 0 Å². The number of benzene rings is 1. The van der Waals surface area contributed by atoms with E-state index in [1.165, 1.54) is 18.2 Å². The summed E-state index contributed by atoms with van der Waals surface area (Å²) in [6.45, 7) is -0.558. The standard InChI is InChI=1S/C9H11FO3/c10-7-3-1-2-6(4-7)9(13)8(12)5-11/h1-4,8-9,11-13H,5H2. The Morgan fingerprint density at radius 2 is 2.00 bits per heavy atom. The van der Waals surface area contributed by atoms with Gasteiger partial charge >= 0.3 is 0 Å². The fourth-order valence-electron chi connectivity index (χ4n) is 1.01. The van der Waals surface area contributed by atoms with Crippen LogP contribution < -0.4 is 0 Å². The molecule has 0 aliphatic heterocycles. The minimum absolute atomic E-state index is 0.251. The highest BCUT2D eigenvalue weighted by atomic mass is 19.1. The summed E-state index contributed by atoms with van der Waals surface area (Å²) >= 11 is 0. The predicted molar refractivity (Wildman–Crippen MR) is 44.5 cm³/mol. The molecule has 0 saturated carbocycles. The summed E-state index contributed by atoms with van der Waals surface area (Å²) in [5, 5.41) is 26.9. The van der Waals surface area contributed by atoms with Crippen molar-refractivity contribution in [2.24, 2.45) is 0 Å². The molecule has 1 aromatic carbocycles. The minimum Gasteiger partial charge on any atom is -0.394 e. The van der Waals surface area contributed by atoms with Crippen LogP contribution in [0.25, 0.3) is 0 Å². The lowest BCUT2D eigenvalue weighted by molar-refractivity contribution is -0.0153. The first-order valence-corrected chi connectivity index (χ1v) is 3.87. The normalized spacial score (nSPS) is 15.4. The van der Waals surface area contributed by atoms with Crippen LogP contribution in [0.1, 0.15) is 11.7 Å². The first kappa shape index (κ1) is 10.1. The lowest BCUT2D eigenvalue weighted by Gasteiger charge is -2.15. The highest BCUT2D eigenvalue weighted by Gasteiger charge is 2.17. The SMILES string of the molecule is OCC(O)C(O)c1cccc(F)c1. The molecule has 0 amide bonds. The maximum atomic E-state index is 12.6. The smallest absolute Gasteiger partial charge is 0.123 e. The summed E-state index contributed by atoms with van der Waals surface area (Å²) < 4.78 is 12.6. The second-order valence-electron chi connectivity index (χ2n) is 2.75. The molecule has 0 radical (unpaired) electrons. The van der Waals surface area contributed by atoms with Crippen molar-refractivity contribution < 1.29 is 19.7 Å². The van der Waals surface area contributed by atoms with E-state index in [0.29, 0.717) is 0 Å². The molecule has 0 aliphatic rings. The van der Waals surface area contributed by atoms with Gasteiger partial charge < -0.3 is 15.3 Å². The first-order chi connectivity index (χ1) is 6.15. The monoisotopic (exact) mass is 186 g/mol. The summed E-state index contributed by atoms with van der Waals surface area (Å²) in [7, 11) is 0. The first-order valence-electron chi connectivity index (χ1n) is 3.87. The van der Waals surface area contributed by atoms with Crippen molar-refractivity contribution in [2.75, 3.05) is 6.61 Å². The van der Waals surface area contributed by atoms with Crippen molar-refractivity contribution in [3.05, 3.63) is 35.6 Å². The largest absolute Gasteiger partial charge is 0.394 e. The molecule has 1 rings (SSSR count). The van der Waals surface area contributed by atoms with Gasteiger partial charge in [-0.05, 0) is 17.7 Å². The molecule has 2 atom stereocenters. The van der Waals surface area contributed by atoms with Gasteiger partial charge in [-0.15, -0.1) is 0 Å². The molecule has 1 aromatic rings. The lowest BCUT2D eigenvalue weighted by Crippen LogP contribution is -2.22. The quantitative estimate of drug-likeness (QED) is 0.632. The number of hydrogen-bond donors (Lipinski definition) is 3. The summed E-state index contributed by atoms with van der Waals surface area (Å²) in [5.41, 5.74) is 0.251. The Hall–Kier alpha value is -0.970. The number of hydrogen-bond acceptors (Lipinski definition) is 3. The van der Waals surface area contributed by atoms with Crippen LogP contribution in [0, 0.1) is 5.82 Å². The number of rotatable bonds is 3. The molecule has 13 heavy (non-hydrogen) atoms. The maximum absolute atomic E-state index is 12.6. The van der Waals surface area contributed by atoms with E-state index in [4.69, 9.17) is 10.2 Å². The fourth-order valence-corrected chi connectivity index (χ4v) is 1.01. The molecule has 3 N–H and O–H groups in total. The van der Waals surface area contributed by atoms with E-state index >= 15 is 0 Å². The van der Waals surface area contributed by atoms with E-state index in [2.05, 4.69) is 0 Å². The van der Waals surface area contributed by atoms with Gasteiger partial charge in [-0.2, -0.15) is 0 Å². The highest BCUT2D eigenvalue weighted by molar-refractivity contribution is 5.19. The van der Waals surface area contributed by atoms with Gasteiger partial charge in [0.15, 0.2) is 0 Å². The summed E-state index contributed by atoms with van der Waals surface area (Å²) in [5.74, 6) is -0.485. The van der Waals surface area contributed by atoms with Crippen LogP contribution in [0.4, 0.5) is 4.39 Å².